The minimum atomic E-state index is -3.07. The Bertz CT molecular complexity index is 6100. The summed E-state index contributed by atoms with van der Waals surface area (Å²) in [7, 11) is 0. The molecule has 4 aliphatic heterocycles. The minimum absolute atomic E-state index is 0.0911. The Morgan fingerprint density at radius 3 is 0.912 bits per heavy atom. The van der Waals surface area contributed by atoms with Gasteiger partial charge in [-0.25, -0.2) is 72.6 Å². The maximum atomic E-state index is 14.9. The van der Waals surface area contributed by atoms with Crippen molar-refractivity contribution in [1.82, 2.24) is 38.2 Å². The molecule has 0 spiro atoms. The smallest absolute Gasteiger partial charge is 0.266 e. The lowest BCUT2D eigenvalue weighted by Gasteiger charge is -2.39. The Morgan fingerprint density at radius 2 is 0.599 bits per heavy atom. The fraction of sp³-hybridized carbons (Fsp3) is 0.495. The van der Waals surface area contributed by atoms with Crippen molar-refractivity contribution in [2.75, 3.05) is 0 Å². The average molecular weight is 1920 g/mol. The second-order valence-electron chi connectivity index (χ2n) is 39.2. The first-order chi connectivity index (χ1) is 64.8. The van der Waals surface area contributed by atoms with E-state index in [4.69, 9.17) is 18.9 Å². The number of nitrogens with zero attached hydrogens (tertiary/aromatic N) is 8. The van der Waals surface area contributed by atoms with Gasteiger partial charge in [0.1, 0.15) is 117 Å². The molecule has 8 aromatic heterocycles. The van der Waals surface area contributed by atoms with Crippen LogP contribution in [-0.2, 0) is 75.9 Å². The van der Waals surface area contributed by atoms with Crippen molar-refractivity contribution in [2.24, 2.45) is 0 Å². The summed E-state index contributed by atoms with van der Waals surface area (Å²) in [5.74, 6) is -4.63. The number of fused-ring (bicyclic) bond motifs is 8. The molecule has 8 aliphatic rings. The maximum absolute atomic E-state index is 14.9. The summed E-state index contributed by atoms with van der Waals surface area (Å²) < 4.78 is 200. The van der Waals surface area contributed by atoms with Crippen molar-refractivity contribution < 1.29 is 123 Å². The Balaban J connectivity index is 0.000000127. The lowest BCUT2D eigenvalue weighted by atomic mass is 9.74. The third-order valence-electron chi connectivity index (χ3n) is 30.3. The molecule has 0 saturated carbocycles. The number of halogens is 12. The van der Waals surface area contributed by atoms with Gasteiger partial charge in [-0.05, 0) is 327 Å². The van der Waals surface area contributed by atoms with Crippen LogP contribution in [0.25, 0.3) is 44.1 Å². The summed E-state index contributed by atoms with van der Waals surface area (Å²) >= 11 is 0. The highest BCUT2D eigenvalue weighted by atomic mass is 19.3. The summed E-state index contributed by atoms with van der Waals surface area (Å²) in [4.78, 5) is 17.6. The fourth-order valence-electron chi connectivity index (χ4n) is 22.7. The molecular weight excluding hydrogens is 1800 g/mol. The molecule has 12 aromatic rings. The first kappa shape index (κ1) is 98.8. The van der Waals surface area contributed by atoms with E-state index in [9.17, 15) is 104 Å². The van der Waals surface area contributed by atoms with Crippen LogP contribution in [0.4, 0.5) is 52.7 Å². The summed E-state index contributed by atoms with van der Waals surface area (Å²) in [5, 5.41) is 116. The van der Waals surface area contributed by atoms with Gasteiger partial charge < -0.3 is 88.3 Å². The molecule has 22 nitrogen and oxygen atoms in total. The van der Waals surface area contributed by atoms with Crippen molar-refractivity contribution in [3.05, 3.63) is 257 Å². The predicted octanol–water partition coefficient (Wildman–Crippen LogP) is 18.5. The molecule has 10 N–H and O–H groups in total. The quantitative estimate of drug-likeness (QED) is 0.0402. The van der Waals surface area contributed by atoms with Gasteiger partial charge in [0.15, 0.2) is 24.9 Å². The van der Waals surface area contributed by atoms with E-state index in [2.05, 4.69) is 19.9 Å². The van der Waals surface area contributed by atoms with Crippen molar-refractivity contribution in [3.8, 4) is 0 Å². The molecular formula is C103H114F12N8O14. The van der Waals surface area contributed by atoms with Crippen LogP contribution in [0.15, 0.2) is 122 Å². The minimum Gasteiger partial charge on any atom is -0.386 e. The number of rotatable bonds is 16. The number of ether oxygens (including phenoxy) is 4. The first-order valence-electron chi connectivity index (χ1n) is 46.7. The highest BCUT2D eigenvalue weighted by Gasteiger charge is 2.62. The van der Waals surface area contributed by atoms with E-state index < -0.39 is 191 Å². The van der Waals surface area contributed by atoms with Crippen molar-refractivity contribution >= 4 is 44.1 Å². The van der Waals surface area contributed by atoms with Gasteiger partial charge in [-0.3, -0.25) is 0 Å². The number of alkyl halides is 8. The molecule has 0 radical (unpaired) electrons. The van der Waals surface area contributed by atoms with E-state index in [-0.39, 0.29) is 22.3 Å². The van der Waals surface area contributed by atoms with Crippen LogP contribution in [-0.4, -0.2) is 161 Å². The lowest BCUT2D eigenvalue weighted by Crippen LogP contribution is -2.54. The molecule has 20 rings (SSSR count). The average Bonchev–Trinajstić information content (AvgIpc) is 1.21. The van der Waals surface area contributed by atoms with E-state index in [0.29, 0.717) is 120 Å². The molecule has 12 heterocycles. The van der Waals surface area contributed by atoms with Crippen LogP contribution in [0.3, 0.4) is 0 Å². The third-order valence-corrected chi connectivity index (χ3v) is 30.3. The molecule has 734 valence electrons. The lowest BCUT2D eigenvalue weighted by molar-refractivity contribution is -0.162. The Labute approximate surface area is 782 Å². The van der Waals surface area contributed by atoms with Crippen LogP contribution >= 0.6 is 0 Å². The molecule has 4 aromatic carbocycles. The second-order valence-corrected chi connectivity index (χ2v) is 39.2. The van der Waals surface area contributed by atoms with Crippen molar-refractivity contribution in [3.63, 3.8) is 0 Å². The highest BCUT2D eigenvalue weighted by Crippen LogP contribution is 2.54. The second kappa shape index (κ2) is 37.7. The van der Waals surface area contributed by atoms with E-state index in [0.717, 1.165) is 106 Å². The van der Waals surface area contributed by atoms with Crippen LogP contribution < -0.4 is 0 Å². The van der Waals surface area contributed by atoms with Crippen LogP contribution in [0.5, 0.6) is 0 Å². The van der Waals surface area contributed by atoms with Crippen LogP contribution in [0, 0.1) is 51.0 Å². The van der Waals surface area contributed by atoms with Crippen LogP contribution in [0.1, 0.15) is 280 Å². The highest BCUT2D eigenvalue weighted by molar-refractivity contribution is 5.82. The maximum Gasteiger partial charge on any atom is 0.266 e. The largest absolute Gasteiger partial charge is 0.386 e. The summed E-state index contributed by atoms with van der Waals surface area (Å²) in [6.07, 6.45) is -4.80. The molecule has 20 atom stereocenters. The van der Waals surface area contributed by atoms with Gasteiger partial charge in [0, 0.05) is 83.0 Å². The summed E-state index contributed by atoms with van der Waals surface area (Å²) in [5.41, 5.74) is -1.03. The zero-order chi connectivity index (χ0) is 98.4. The Kier molecular flexibility index (Phi) is 27.2. The van der Waals surface area contributed by atoms with Gasteiger partial charge >= 0.3 is 0 Å². The van der Waals surface area contributed by atoms with E-state index in [1.807, 2.05) is 76.2 Å². The van der Waals surface area contributed by atoms with Crippen molar-refractivity contribution in [2.45, 2.75) is 324 Å². The molecule has 4 aliphatic carbocycles. The number of hydrogen-bond acceptors (Lipinski definition) is 18. The number of aliphatic hydroxyl groups excluding tert-OH is 5. The van der Waals surface area contributed by atoms with Gasteiger partial charge in [0.05, 0.1) is 34.5 Å². The molecule has 4 saturated heterocycles. The summed E-state index contributed by atoms with van der Waals surface area (Å²) in [6, 6.07) is 19.3. The first-order valence-corrected chi connectivity index (χ1v) is 46.7. The van der Waals surface area contributed by atoms with E-state index in [1.165, 1.54) is 46.8 Å². The fourth-order valence-corrected chi connectivity index (χ4v) is 22.7. The summed E-state index contributed by atoms with van der Waals surface area (Å²) in [6.45, 7) is 18.3. The number of aliphatic hydroxyl groups is 10. The zero-order valence-electron chi connectivity index (χ0n) is 77.5. The zero-order valence-corrected chi connectivity index (χ0v) is 77.5. The molecule has 4 fully saturated rings. The van der Waals surface area contributed by atoms with E-state index in [1.54, 1.807) is 81.7 Å². The standard InChI is InChI=1S/C26H29F3N2O4.2C26H29F3N2O3.C25H27F3N2O4/c1-13-8-10-30-22-14(13)9-11-31(22)23-20(32)26(3,34)24(35-23)25(2,33)18-12-17(21(28)29)19(27)16-7-5-4-6-15(16)18;2*1-13-8-10-30-24-15(13)9-11-31(24)25-21(32)26(3,33)22(34-25)14(2)18-12-19(23(28)29)20(27)17-7-5-4-6-16(17)18;1-12-7-9-29-23-13(12)8-10-30(23)24-20(32)25(2,33)21(34-24)19(31)16-11-17(22(27)28)18(26)15-6-4-3-5-14(15)16/h8-12,20-21,23-24,32-34H,4-7H2,1-3H3;2*8-12,14,21-23,25,32-33H,4-7H2,1-3H3;7-11,19-22,24,31-33H,3-6H2,1-2H3/t20-,23+,24+,25+,26-;14-,21+,22-,25-,26+;14-,21-,22+,25+,26-;19-,20-,21+,24+,25-/m0100/s1. The number of aryl methyl sites for hydroxylation is 4. The van der Waals surface area contributed by atoms with E-state index >= 15 is 0 Å². The number of benzene rings is 4. The Hall–Kier alpha value is -9.76. The number of hydrogen-bond donors (Lipinski definition) is 10. The SMILES string of the molecule is Cc1ccnc2c1ccn2[C@@H]1O[C@H]([C@@H](C)c2cc(C(F)F)c(F)c3c2CCCC3)[C@@](C)(O)[C@H]1O.Cc1ccnc2c1ccn2[C@@H]1O[C@H]([C@@H](O)c2cc(C(F)F)c(F)c3c2CCCC3)[C@@](C)(O)[C@H]1O.Cc1ccnc2c1ccn2[C@@H]1O[C@H]([C@H](C)c2cc(C(F)F)c(F)c3c2CCCC3)[C@@](C)(O)[C@H]1O.Cc1ccnc2c1ccn2[C@@H]1O[C@H]([C@](C)(O)c2cc(C(F)F)c(F)c3c2CCCC3)[C@@](C)(O)[C@H]1O. The van der Waals surface area contributed by atoms with Gasteiger partial charge in [0.25, 0.3) is 25.7 Å². The number of aromatic nitrogens is 8. The third kappa shape index (κ3) is 17.0. The monoisotopic (exact) mass is 1910 g/mol. The normalized spacial score (nSPS) is 28.1. The number of pyridine rings is 4. The van der Waals surface area contributed by atoms with Crippen LogP contribution in [0.2, 0.25) is 0 Å². The van der Waals surface area contributed by atoms with Crippen molar-refractivity contribution in [1.29, 1.82) is 0 Å². The molecule has 137 heavy (non-hydrogen) atoms. The predicted molar refractivity (Wildman–Crippen MR) is 483 cm³/mol. The van der Waals surface area contributed by atoms with Gasteiger partial charge in [-0.1, -0.05) is 13.8 Å². The topological polar surface area (TPSA) is 310 Å². The van der Waals surface area contributed by atoms with Gasteiger partial charge in [-0.15, -0.1) is 0 Å². The molecule has 0 bridgehead atoms. The molecule has 0 amide bonds. The van der Waals surface area contributed by atoms with Gasteiger partial charge in [0.2, 0.25) is 0 Å². The Morgan fingerprint density at radius 1 is 0.350 bits per heavy atom. The molecule has 0 unspecified atom stereocenters. The molecule has 34 heteroatoms. The van der Waals surface area contributed by atoms with Gasteiger partial charge in [-0.2, -0.15) is 0 Å².